The third kappa shape index (κ3) is 6.72. The minimum atomic E-state index is -0.273. The molecule has 0 atom stereocenters. The van der Waals surface area contributed by atoms with Gasteiger partial charge in [-0.05, 0) is 32.0 Å². The first kappa shape index (κ1) is 19.2. The molecule has 1 amide bonds. The van der Waals surface area contributed by atoms with E-state index in [2.05, 4.69) is 15.2 Å². The highest BCUT2D eigenvalue weighted by Gasteiger charge is 2.13. The van der Waals surface area contributed by atoms with Gasteiger partial charge in [0, 0.05) is 25.2 Å². The largest absolute Gasteiger partial charge is 0.497 e. The zero-order valence-corrected chi connectivity index (χ0v) is 15.2. The molecule has 0 unspecified atom stereocenters. The van der Waals surface area contributed by atoms with E-state index in [1.165, 1.54) is 0 Å². The van der Waals surface area contributed by atoms with Crippen LogP contribution in [-0.4, -0.2) is 69.4 Å². The van der Waals surface area contributed by atoms with E-state index in [4.69, 9.17) is 14.2 Å². The van der Waals surface area contributed by atoms with Crippen molar-refractivity contribution in [2.75, 3.05) is 46.5 Å². The van der Waals surface area contributed by atoms with E-state index in [9.17, 15) is 4.79 Å². The molecule has 1 heterocycles. The molecule has 1 aromatic carbocycles. The standard InChI is InChI=1S/C18H27N3O4/c1-14(2)25-18(19-7-8-21-9-11-24-12-10-21)20-17(22)15-5-4-6-16(13-15)23-3/h4-6,13-14H,7-12H2,1-3H3,(H,19,20,22). The Bertz CT molecular complexity index is 583. The molecule has 0 aromatic heterocycles. The van der Waals surface area contributed by atoms with Gasteiger partial charge in [-0.25, -0.2) is 4.99 Å². The second kappa shape index (κ2) is 10.0. The maximum absolute atomic E-state index is 12.4. The number of morpholine rings is 1. The summed E-state index contributed by atoms with van der Waals surface area (Å²) in [6.45, 7) is 8.49. The molecule has 1 saturated heterocycles. The van der Waals surface area contributed by atoms with Crippen molar-refractivity contribution in [3.8, 4) is 5.75 Å². The first-order valence-corrected chi connectivity index (χ1v) is 8.55. The van der Waals surface area contributed by atoms with Gasteiger partial charge in [-0.15, -0.1) is 0 Å². The van der Waals surface area contributed by atoms with Gasteiger partial charge in [-0.3, -0.25) is 15.0 Å². The van der Waals surface area contributed by atoms with Gasteiger partial charge < -0.3 is 14.2 Å². The second-order valence-corrected chi connectivity index (χ2v) is 5.99. The highest BCUT2D eigenvalue weighted by Crippen LogP contribution is 2.12. The van der Waals surface area contributed by atoms with E-state index in [1.807, 2.05) is 13.8 Å². The molecule has 0 aliphatic carbocycles. The molecule has 2 rings (SSSR count). The summed E-state index contributed by atoms with van der Waals surface area (Å²) in [6, 6.07) is 7.20. The zero-order chi connectivity index (χ0) is 18.1. The Morgan fingerprint density at radius 2 is 2.12 bits per heavy atom. The number of methoxy groups -OCH3 is 1. The topological polar surface area (TPSA) is 72.4 Å². The summed E-state index contributed by atoms with van der Waals surface area (Å²) in [4.78, 5) is 19.1. The lowest BCUT2D eigenvalue weighted by atomic mass is 10.2. The van der Waals surface area contributed by atoms with Crippen molar-refractivity contribution in [2.24, 2.45) is 4.99 Å². The molecule has 1 fully saturated rings. The summed E-state index contributed by atoms with van der Waals surface area (Å²) in [7, 11) is 1.57. The lowest BCUT2D eigenvalue weighted by Gasteiger charge is -2.25. The van der Waals surface area contributed by atoms with Gasteiger partial charge in [0.15, 0.2) is 0 Å². The number of amidine groups is 1. The Balaban J connectivity index is 1.95. The Hall–Kier alpha value is -2.12. The first-order valence-electron chi connectivity index (χ1n) is 8.55. The highest BCUT2D eigenvalue weighted by molar-refractivity contribution is 6.04. The molecule has 1 aliphatic heterocycles. The number of amides is 1. The molecule has 0 radical (unpaired) electrons. The van der Waals surface area contributed by atoms with Crippen LogP contribution < -0.4 is 10.1 Å². The van der Waals surface area contributed by atoms with Gasteiger partial charge in [-0.1, -0.05) is 6.07 Å². The van der Waals surface area contributed by atoms with Crippen molar-refractivity contribution >= 4 is 11.9 Å². The third-order valence-electron chi connectivity index (χ3n) is 3.68. The molecule has 0 bridgehead atoms. The number of hydrogen-bond donors (Lipinski definition) is 1. The molecular formula is C18H27N3O4. The quantitative estimate of drug-likeness (QED) is 0.623. The normalized spacial score (nSPS) is 15.9. The summed E-state index contributed by atoms with van der Waals surface area (Å²) in [5.41, 5.74) is 0.493. The first-order chi connectivity index (χ1) is 12.1. The van der Waals surface area contributed by atoms with E-state index in [0.29, 0.717) is 17.9 Å². The molecule has 1 aromatic rings. The van der Waals surface area contributed by atoms with Crippen LogP contribution in [-0.2, 0) is 9.47 Å². The minimum absolute atomic E-state index is 0.0762. The fraction of sp³-hybridized carbons (Fsp3) is 0.556. The number of hydrogen-bond acceptors (Lipinski definition) is 6. The van der Waals surface area contributed by atoms with Crippen LogP contribution in [0, 0.1) is 0 Å². The average Bonchev–Trinajstić information content (AvgIpc) is 2.62. The molecular weight excluding hydrogens is 322 g/mol. The monoisotopic (exact) mass is 349 g/mol. The Kier molecular flexibility index (Phi) is 7.69. The van der Waals surface area contributed by atoms with Crippen LogP contribution in [0.25, 0.3) is 0 Å². The fourth-order valence-electron chi connectivity index (χ4n) is 2.38. The van der Waals surface area contributed by atoms with Gasteiger partial charge in [0.25, 0.3) is 11.9 Å². The van der Waals surface area contributed by atoms with Crippen LogP contribution in [0.5, 0.6) is 5.75 Å². The van der Waals surface area contributed by atoms with E-state index in [0.717, 1.165) is 32.8 Å². The molecule has 138 valence electrons. The van der Waals surface area contributed by atoms with Gasteiger partial charge in [-0.2, -0.15) is 0 Å². The number of nitrogens with one attached hydrogen (secondary N) is 1. The summed E-state index contributed by atoms with van der Waals surface area (Å²) in [6.07, 6.45) is -0.0762. The van der Waals surface area contributed by atoms with Crippen LogP contribution in [0.2, 0.25) is 0 Å². The molecule has 25 heavy (non-hydrogen) atoms. The summed E-state index contributed by atoms with van der Waals surface area (Å²) in [5.74, 6) is 0.355. The predicted octanol–water partition coefficient (Wildman–Crippen LogP) is 1.54. The van der Waals surface area contributed by atoms with Gasteiger partial charge in [0.2, 0.25) is 0 Å². The van der Waals surface area contributed by atoms with Crippen LogP contribution in [0.3, 0.4) is 0 Å². The van der Waals surface area contributed by atoms with E-state index < -0.39 is 0 Å². The SMILES string of the molecule is COc1cccc(C(=O)NC(=NCCN2CCOCC2)OC(C)C)c1. The molecule has 0 saturated carbocycles. The van der Waals surface area contributed by atoms with Gasteiger partial charge in [0.1, 0.15) is 5.75 Å². The maximum Gasteiger partial charge on any atom is 0.291 e. The van der Waals surface area contributed by atoms with Crippen molar-refractivity contribution in [3.63, 3.8) is 0 Å². The van der Waals surface area contributed by atoms with E-state index in [-0.39, 0.29) is 18.0 Å². The second-order valence-electron chi connectivity index (χ2n) is 5.99. The number of ether oxygens (including phenoxy) is 3. The minimum Gasteiger partial charge on any atom is -0.497 e. The van der Waals surface area contributed by atoms with E-state index >= 15 is 0 Å². The smallest absolute Gasteiger partial charge is 0.291 e. The lowest BCUT2D eigenvalue weighted by molar-refractivity contribution is 0.0393. The van der Waals surface area contributed by atoms with Crippen molar-refractivity contribution in [2.45, 2.75) is 20.0 Å². The van der Waals surface area contributed by atoms with Crippen molar-refractivity contribution in [3.05, 3.63) is 29.8 Å². The van der Waals surface area contributed by atoms with Gasteiger partial charge in [0.05, 0.1) is 33.0 Å². The predicted molar refractivity (Wildman–Crippen MR) is 96.2 cm³/mol. The van der Waals surface area contributed by atoms with Crippen LogP contribution in [0.15, 0.2) is 29.3 Å². The zero-order valence-electron chi connectivity index (χ0n) is 15.2. The molecule has 7 heteroatoms. The molecule has 1 N–H and O–H groups in total. The van der Waals surface area contributed by atoms with Crippen molar-refractivity contribution < 1.29 is 19.0 Å². The third-order valence-corrected chi connectivity index (χ3v) is 3.68. The fourth-order valence-corrected chi connectivity index (χ4v) is 2.38. The molecule has 0 spiro atoms. The lowest BCUT2D eigenvalue weighted by Crippen LogP contribution is -2.38. The van der Waals surface area contributed by atoms with Crippen molar-refractivity contribution in [1.82, 2.24) is 10.2 Å². The van der Waals surface area contributed by atoms with Crippen LogP contribution in [0.4, 0.5) is 0 Å². The number of nitrogens with zero attached hydrogens (tertiary/aromatic N) is 2. The summed E-state index contributed by atoms with van der Waals surface area (Å²) < 4.78 is 16.1. The van der Waals surface area contributed by atoms with Crippen LogP contribution >= 0.6 is 0 Å². The number of benzene rings is 1. The van der Waals surface area contributed by atoms with Crippen molar-refractivity contribution in [1.29, 1.82) is 0 Å². The molecule has 1 aliphatic rings. The van der Waals surface area contributed by atoms with Crippen LogP contribution in [0.1, 0.15) is 24.2 Å². The van der Waals surface area contributed by atoms with E-state index in [1.54, 1.807) is 31.4 Å². The summed E-state index contributed by atoms with van der Waals surface area (Å²) >= 11 is 0. The summed E-state index contributed by atoms with van der Waals surface area (Å²) in [5, 5.41) is 2.74. The Morgan fingerprint density at radius 3 is 2.80 bits per heavy atom. The Labute approximate surface area is 149 Å². The number of carbonyl (C=O) groups is 1. The Morgan fingerprint density at radius 1 is 1.36 bits per heavy atom. The van der Waals surface area contributed by atoms with Gasteiger partial charge >= 0.3 is 0 Å². The highest BCUT2D eigenvalue weighted by atomic mass is 16.5. The maximum atomic E-state index is 12.4. The number of carbonyl (C=O) groups excluding carboxylic acids is 1. The average molecular weight is 349 g/mol. The number of aliphatic imine (C=N–C) groups is 1. The molecule has 7 nitrogen and oxygen atoms in total. The number of rotatable bonds is 6.